The molecule has 0 bridgehead atoms. The van der Waals surface area contributed by atoms with Crippen LogP contribution in [0, 0.1) is 17.8 Å². The van der Waals surface area contributed by atoms with Crippen molar-refractivity contribution >= 4 is 47.3 Å². The van der Waals surface area contributed by atoms with Crippen molar-refractivity contribution in [1.29, 1.82) is 0 Å². The van der Waals surface area contributed by atoms with Gasteiger partial charge in [-0.15, -0.1) is 10.2 Å². The van der Waals surface area contributed by atoms with Crippen molar-refractivity contribution in [2.75, 3.05) is 25.5 Å². The highest BCUT2D eigenvalue weighted by molar-refractivity contribution is 6.10. The van der Waals surface area contributed by atoms with Gasteiger partial charge >= 0.3 is 12.1 Å². The number of anilines is 1. The number of hydrogen-bond acceptors (Lipinski definition) is 10. The van der Waals surface area contributed by atoms with Gasteiger partial charge in [-0.25, -0.2) is 9.59 Å². The highest BCUT2D eigenvalue weighted by Gasteiger charge is 2.34. The van der Waals surface area contributed by atoms with Crippen LogP contribution in [0.4, 0.5) is 15.3 Å². The lowest BCUT2D eigenvalue weighted by molar-refractivity contribution is -0.129. The average Bonchev–Trinajstić information content (AvgIpc) is 3.52. The zero-order valence-electron chi connectivity index (χ0n) is 33.8. The zero-order chi connectivity index (χ0) is 42.4. The Kier molecular flexibility index (Phi) is 16.8. The van der Waals surface area contributed by atoms with Crippen molar-refractivity contribution in [1.82, 2.24) is 20.9 Å². The van der Waals surface area contributed by atoms with Crippen LogP contribution in [-0.2, 0) is 35.3 Å². The van der Waals surface area contributed by atoms with Gasteiger partial charge in [-0.05, 0) is 79.3 Å². The molecule has 0 aromatic heterocycles. The third kappa shape index (κ3) is 13.5. The summed E-state index contributed by atoms with van der Waals surface area (Å²) in [4.78, 5) is 88.4. The number of benzene rings is 2. The molecule has 314 valence electrons. The van der Waals surface area contributed by atoms with Crippen molar-refractivity contribution in [2.45, 2.75) is 103 Å². The first kappa shape index (κ1) is 45.0. The van der Waals surface area contributed by atoms with Gasteiger partial charge in [0.2, 0.25) is 11.8 Å². The molecule has 1 fully saturated rings. The van der Waals surface area contributed by atoms with Gasteiger partial charge in [0.15, 0.2) is 0 Å². The predicted octanol–water partition coefficient (Wildman–Crippen LogP) is 4.55. The Morgan fingerprint density at radius 3 is 2.17 bits per heavy atom. The Labute approximate surface area is 338 Å². The Balaban J connectivity index is 1.08. The molecular weight excluding hydrogens is 748 g/mol. The number of hydrogen-bond donors (Lipinski definition) is 5. The molecule has 1 aliphatic heterocycles. The number of ether oxygens (including phenoxy) is 2. The summed E-state index contributed by atoms with van der Waals surface area (Å²) in [6.45, 7) is 7.88. The maximum atomic E-state index is 12.8. The van der Waals surface area contributed by atoms with E-state index in [1.165, 1.54) is 19.3 Å². The summed E-state index contributed by atoms with van der Waals surface area (Å²) in [5.41, 5.74) is 7.80. The molecule has 58 heavy (non-hydrogen) atoms. The van der Waals surface area contributed by atoms with Gasteiger partial charge in [0.05, 0.1) is 19.1 Å². The molecule has 1 aliphatic carbocycles. The SMILES string of the molecule is CC(C)[C@H](NC(=O)CCOc1ccc(C2C(=O)N=NC2=O)cc1)C(=O)NC(=O)NCCCC(N)C(=O)Nc1ccc(COC(=O)N(C)[C@H](C)[C@@H](C)CC2CCC2)cc1. The van der Waals surface area contributed by atoms with Crippen molar-refractivity contribution in [3.63, 3.8) is 0 Å². The second-order valence-electron chi connectivity index (χ2n) is 15.4. The standard InChI is InChI=1S/C41H56N8O9/c1-24(2)35(45-33(50)19-21-57-31-17-13-29(14-18-31)34-37(52)47-48-38(34)53)39(54)46-40(55)43-20-7-10-32(42)36(51)44-30-15-11-28(12-16-30)23-58-41(56)49(5)26(4)25(3)22-27-8-6-9-27/h11-18,24-27,32,34-35H,6-10,19-23,42H2,1-5H3,(H,44,51)(H,45,50)(H2,43,46,54,55)/t25-,26+,32?,35-/m0/s1. The number of azo groups is 1. The number of nitrogens with two attached hydrogens (primary N) is 1. The number of carbonyl (C=O) groups excluding carboxylic acids is 7. The zero-order valence-corrected chi connectivity index (χ0v) is 33.8. The van der Waals surface area contributed by atoms with Gasteiger partial charge in [0.1, 0.15) is 24.3 Å². The van der Waals surface area contributed by atoms with E-state index in [1.54, 1.807) is 74.3 Å². The van der Waals surface area contributed by atoms with Crippen LogP contribution >= 0.6 is 0 Å². The number of carbonyl (C=O) groups is 7. The van der Waals surface area contributed by atoms with E-state index >= 15 is 0 Å². The number of amides is 8. The first-order valence-electron chi connectivity index (χ1n) is 19.8. The van der Waals surface area contributed by atoms with Crippen LogP contribution in [0.25, 0.3) is 0 Å². The van der Waals surface area contributed by atoms with Gasteiger partial charge in [-0.1, -0.05) is 64.3 Å². The topological polar surface area (TPSA) is 240 Å². The molecule has 0 radical (unpaired) electrons. The summed E-state index contributed by atoms with van der Waals surface area (Å²) in [7, 11) is 1.76. The Hall–Kier alpha value is -5.71. The summed E-state index contributed by atoms with van der Waals surface area (Å²) < 4.78 is 11.1. The number of rotatable bonds is 20. The summed E-state index contributed by atoms with van der Waals surface area (Å²) in [6.07, 6.45) is 5.10. The van der Waals surface area contributed by atoms with E-state index in [4.69, 9.17) is 15.2 Å². The Morgan fingerprint density at radius 2 is 1.57 bits per heavy atom. The van der Waals surface area contributed by atoms with E-state index in [9.17, 15) is 33.6 Å². The summed E-state index contributed by atoms with van der Waals surface area (Å²) in [6, 6.07) is 10.6. The minimum atomic E-state index is -1.06. The van der Waals surface area contributed by atoms with E-state index < -0.39 is 53.6 Å². The summed E-state index contributed by atoms with van der Waals surface area (Å²) >= 11 is 0. The Morgan fingerprint density at radius 1 is 0.914 bits per heavy atom. The smallest absolute Gasteiger partial charge is 0.410 e. The molecule has 0 spiro atoms. The van der Waals surface area contributed by atoms with Crippen LogP contribution in [0.5, 0.6) is 5.75 Å². The average molecular weight is 805 g/mol. The van der Waals surface area contributed by atoms with Gasteiger partial charge in [0.25, 0.3) is 17.7 Å². The normalized spacial score (nSPS) is 16.1. The molecule has 2 aliphatic rings. The highest BCUT2D eigenvalue weighted by Crippen LogP contribution is 2.34. The van der Waals surface area contributed by atoms with Crippen LogP contribution in [0.15, 0.2) is 58.8 Å². The number of nitrogens with one attached hydrogen (secondary N) is 4. The van der Waals surface area contributed by atoms with Gasteiger partial charge in [-0.2, -0.15) is 0 Å². The fraction of sp³-hybridized carbons (Fsp3) is 0.537. The molecule has 17 heteroatoms. The molecule has 4 rings (SSSR count). The lowest BCUT2D eigenvalue weighted by Gasteiger charge is -2.34. The first-order chi connectivity index (χ1) is 27.6. The van der Waals surface area contributed by atoms with Crippen LogP contribution in [0.3, 0.4) is 0 Å². The summed E-state index contributed by atoms with van der Waals surface area (Å²) in [5, 5.41) is 16.7. The first-order valence-corrected chi connectivity index (χ1v) is 19.8. The summed E-state index contributed by atoms with van der Waals surface area (Å²) in [5.74, 6) is -2.69. The van der Waals surface area contributed by atoms with Crippen molar-refractivity contribution in [2.24, 2.45) is 33.7 Å². The molecule has 6 N–H and O–H groups in total. The van der Waals surface area contributed by atoms with E-state index in [2.05, 4.69) is 38.4 Å². The highest BCUT2D eigenvalue weighted by atomic mass is 16.6. The fourth-order valence-corrected chi connectivity index (χ4v) is 6.46. The van der Waals surface area contributed by atoms with E-state index in [-0.39, 0.29) is 50.7 Å². The van der Waals surface area contributed by atoms with E-state index in [0.717, 1.165) is 17.9 Å². The van der Waals surface area contributed by atoms with Gasteiger partial charge < -0.3 is 36.1 Å². The molecular formula is C41H56N8O9. The number of nitrogens with zero attached hydrogens (tertiary/aromatic N) is 3. The molecule has 1 saturated carbocycles. The second kappa shape index (κ2) is 21.7. The third-order valence-corrected chi connectivity index (χ3v) is 10.6. The van der Waals surface area contributed by atoms with Crippen molar-refractivity contribution in [3.8, 4) is 5.75 Å². The van der Waals surface area contributed by atoms with Crippen molar-refractivity contribution in [3.05, 3.63) is 59.7 Å². The minimum absolute atomic E-state index is 0.0213. The second-order valence-corrected chi connectivity index (χ2v) is 15.4. The maximum absolute atomic E-state index is 12.8. The third-order valence-electron chi connectivity index (χ3n) is 10.6. The fourth-order valence-electron chi connectivity index (χ4n) is 6.46. The van der Waals surface area contributed by atoms with Gasteiger partial charge in [0, 0.05) is 25.3 Å². The monoisotopic (exact) mass is 804 g/mol. The van der Waals surface area contributed by atoms with E-state index in [0.29, 0.717) is 29.3 Å². The quantitative estimate of drug-likeness (QED) is 0.0924. The van der Waals surface area contributed by atoms with Gasteiger partial charge in [-0.3, -0.25) is 29.3 Å². The Bertz CT molecular complexity index is 1780. The molecule has 2 aromatic rings. The molecule has 1 unspecified atom stereocenters. The van der Waals surface area contributed by atoms with E-state index in [1.807, 2.05) is 6.92 Å². The van der Waals surface area contributed by atoms with Crippen LogP contribution in [-0.4, -0.2) is 84.9 Å². The molecule has 4 atom stereocenters. The molecule has 17 nitrogen and oxygen atoms in total. The van der Waals surface area contributed by atoms with Crippen LogP contribution in [0.2, 0.25) is 0 Å². The van der Waals surface area contributed by atoms with Crippen LogP contribution in [0.1, 0.15) is 89.7 Å². The lowest BCUT2D eigenvalue weighted by atomic mass is 9.78. The minimum Gasteiger partial charge on any atom is -0.493 e. The number of imide groups is 1. The molecule has 1 heterocycles. The lowest BCUT2D eigenvalue weighted by Crippen LogP contribution is -2.53. The van der Waals surface area contributed by atoms with Crippen molar-refractivity contribution < 1.29 is 43.0 Å². The molecule has 0 saturated heterocycles. The molecule has 2 aromatic carbocycles. The molecule has 8 amide bonds. The largest absolute Gasteiger partial charge is 0.493 e. The predicted molar refractivity (Wildman–Crippen MR) is 213 cm³/mol. The maximum Gasteiger partial charge on any atom is 0.410 e. The number of urea groups is 1. The van der Waals surface area contributed by atoms with Crippen LogP contribution < -0.4 is 31.7 Å².